The molecule has 1 atom stereocenters. The van der Waals surface area contributed by atoms with Crippen molar-refractivity contribution in [2.45, 2.75) is 31.4 Å². The van der Waals surface area contributed by atoms with Gasteiger partial charge in [0.05, 0.1) is 23.7 Å². The van der Waals surface area contributed by atoms with Crippen LogP contribution in [-0.2, 0) is 9.84 Å². The largest absolute Gasteiger partial charge is 0.393 e. The lowest BCUT2D eigenvalue weighted by Crippen LogP contribution is -2.47. The normalized spacial score (nSPS) is 26.1. The monoisotopic (exact) mass is 237 g/mol. The fourth-order valence-corrected chi connectivity index (χ4v) is 3.01. The van der Waals surface area contributed by atoms with E-state index in [9.17, 15) is 13.5 Å². The lowest BCUT2D eigenvalue weighted by molar-refractivity contribution is 0.000541. The molecule has 1 saturated heterocycles. The van der Waals surface area contributed by atoms with E-state index in [4.69, 9.17) is 5.11 Å². The zero-order valence-corrected chi connectivity index (χ0v) is 9.76. The Bertz CT molecular complexity index is 285. The van der Waals surface area contributed by atoms with Gasteiger partial charge in [0, 0.05) is 12.6 Å². The van der Waals surface area contributed by atoms with Crippen LogP contribution in [0.3, 0.4) is 0 Å². The summed E-state index contributed by atoms with van der Waals surface area (Å²) in [7, 11) is -2.83. The molecule has 1 rings (SSSR count). The summed E-state index contributed by atoms with van der Waals surface area (Å²) in [6, 6.07) is 0.131. The number of hydrogen-bond acceptors (Lipinski definition) is 5. The summed E-state index contributed by atoms with van der Waals surface area (Å²) in [6.45, 7) is 1.53. The van der Waals surface area contributed by atoms with Crippen molar-refractivity contribution in [3.63, 3.8) is 0 Å². The highest BCUT2D eigenvalue weighted by atomic mass is 32.2. The molecule has 0 aromatic carbocycles. The van der Waals surface area contributed by atoms with Crippen LogP contribution in [0.15, 0.2) is 0 Å². The van der Waals surface area contributed by atoms with E-state index in [-0.39, 0.29) is 30.7 Å². The van der Waals surface area contributed by atoms with Gasteiger partial charge in [-0.05, 0) is 19.8 Å². The molecule has 0 radical (unpaired) electrons. The molecule has 6 heteroatoms. The zero-order valence-electron chi connectivity index (χ0n) is 8.94. The molecule has 1 aliphatic heterocycles. The summed E-state index contributed by atoms with van der Waals surface area (Å²) in [5.41, 5.74) is -1.13. The summed E-state index contributed by atoms with van der Waals surface area (Å²) in [4.78, 5) is 0. The van der Waals surface area contributed by atoms with E-state index in [1.807, 2.05) is 0 Å². The molecule has 1 unspecified atom stereocenters. The van der Waals surface area contributed by atoms with Gasteiger partial charge in [-0.1, -0.05) is 0 Å². The highest BCUT2D eigenvalue weighted by Gasteiger charge is 2.26. The van der Waals surface area contributed by atoms with E-state index < -0.39 is 15.4 Å². The van der Waals surface area contributed by atoms with Crippen LogP contribution < -0.4 is 5.32 Å². The second-order valence-corrected chi connectivity index (χ2v) is 6.77. The highest BCUT2D eigenvalue weighted by Crippen LogP contribution is 2.12. The average molecular weight is 237 g/mol. The molecule has 1 fully saturated rings. The molecule has 1 aliphatic rings. The summed E-state index contributed by atoms with van der Waals surface area (Å²) in [6.07, 6.45) is 1.17. The van der Waals surface area contributed by atoms with Crippen LogP contribution in [0.1, 0.15) is 19.8 Å². The Balaban J connectivity index is 2.31. The van der Waals surface area contributed by atoms with Crippen molar-refractivity contribution in [3.8, 4) is 0 Å². The van der Waals surface area contributed by atoms with Crippen molar-refractivity contribution in [2.24, 2.45) is 0 Å². The van der Waals surface area contributed by atoms with Crippen molar-refractivity contribution < 1.29 is 18.6 Å². The smallest absolute Gasteiger partial charge is 0.150 e. The summed E-state index contributed by atoms with van der Waals surface area (Å²) >= 11 is 0. The third kappa shape index (κ3) is 4.46. The van der Waals surface area contributed by atoms with Crippen molar-refractivity contribution in [3.05, 3.63) is 0 Å². The van der Waals surface area contributed by atoms with E-state index in [0.29, 0.717) is 12.8 Å². The maximum Gasteiger partial charge on any atom is 0.150 e. The Morgan fingerprint density at radius 1 is 1.40 bits per heavy atom. The summed E-state index contributed by atoms with van der Waals surface area (Å²) in [5.74, 6) is 0.428. The van der Waals surface area contributed by atoms with E-state index in [1.165, 1.54) is 0 Å². The minimum Gasteiger partial charge on any atom is -0.393 e. The molecule has 0 aliphatic carbocycles. The first kappa shape index (κ1) is 12.9. The SMILES string of the molecule is CC(O)(CO)CNC1CCS(=O)(=O)CC1. The number of aliphatic hydroxyl groups is 2. The molecule has 0 spiro atoms. The third-order valence-corrected chi connectivity index (χ3v) is 4.38. The van der Waals surface area contributed by atoms with Gasteiger partial charge in [0.25, 0.3) is 0 Å². The maximum absolute atomic E-state index is 11.1. The Hall–Kier alpha value is -0.170. The number of aliphatic hydroxyl groups excluding tert-OH is 1. The minimum atomic E-state index is -2.83. The lowest BCUT2D eigenvalue weighted by atomic mass is 10.1. The Labute approximate surface area is 90.4 Å². The molecule has 15 heavy (non-hydrogen) atoms. The quantitative estimate of drug-likeness (QED) is 0.577. The molecule has 3 N–H and O–H groups in total. The first-order valence-corrected chi connectivity index (χ1v) is 6.94. The summed E-state index contributed by atoms with van der Waals surface area (Å²) in [5, 5.41) is 21.4. The van der Waals surface area contributed by atoms with E-state index >= 15 is 0 Å². The van der Waals surface area contributed by atoms with Crippen LogP contribution in [-0.4, -0.2) is 54.9 Å². The van der Waals surface area contributed by atoms with E-state index in [2.05, 4.69) is 5.32 Å². The van der Waals surface area contributed by atoms with Gasteiger partial charge in [-0.25, -0.2) is 8.42 Å². The van der Waals surface area contributed by atoms with Gasteiger partial charge in [-0.2, -0.15) is 0 Å². The van der Waals surface area contributed by atoms with E-state index in [0.717, 1.165) is 0 Å². The third-order valence-electron chi connectivity index (χ3n) is 2.67. The Morgan fingerprint density at radius 2 is 1.93 bits per heavy atom. The first-order chi connectivity index (χ1) is 6.85. The van der Waals surface area contributed by atoms with Gasteiger partial charge in [0.1, 0.15) is 9.84 Å². The molecule has 0 saturated carbocycles. The minimum absolute atomic E-state index is 0.131. The molecule has 90 valence electrons. The van der Waals surface area contributed by atoms with E-state index in [1.54, 1.807) is 6.92 Å². The fraction of sp³-hybridized carbons (Fsp3) is 1.00. The lowest BCUT2D eigenvalue weighted by Gasteiger charge is -2.27. The topological polar surface area (TPSA) is 86.6 Å². The highest BCUT2D eigenvalue weighted by molar-refractivity contribution is 7.91. The standard InChI is InChI=1S/C9H19NO4S/c1-9(12,7-11)6-10-8-2-4-15(13,14)5-3-8/h8,10-12H,2-7H2,1H3. The van der Waals surface area contributed by atoms with Gasteiger partial charge in [-0.15, -0.1) is 0 Å². The number of sulfone groups is 1. The number of rotatable bonds is 4. The molecule has 0 amide bonds. The van der Waals surface area contributed by atoms with Crippen LogP contribution >= 0.6 is 0 Å². The van der Waals surface area contributed by atoms with Crippen molar-refractivity contribution in [1.29, 1.82) is 0 Å². The second-order valence-electron chi connectivity index (χ2n) is 4.46. The molecule has 5 nitrogen and oxygen atoms in total. The van der Waals surface area contributed by atoms with Gasteiger partial charge < -0.3 is 15.5 Å². The number of hydrogen-bond donors (Lipinski definition) is 3. The molecule has 0 aromatic rings. The van der Waals surface area contributed by atoms with Crippen LogP contribution in [0.2, 0.25) is 0 Å². The van der Waals surface area contributed by atoms with Gasteiger partial charge in [0.2, 0.25) is 0 Å². The Kier molecular flexibility index (Phi) is 4.11. The average Bonchev–Trinajstić information content (AvgIpc) is 2.16. The molecule has 0 aromatic heterocycles. The van der Waals surface area contributed by atoms with Gasteiger partial charge in [0.15, 0.2) is 0 Å². The molecular formula is C9H19NO4S. The van der Waals surface area contributed by atoms with Crippen molar-refractivity contribution in [1.82, 2.24) is 5.32 Å². The first-order valence-electron chi connectivity index (χ1n) is 5.12. The molecular weight excluding hydrogens is 218 g/mol. The van der Waals surface area contributed by atoms with Gasteiger partial charge in [-0.3, -0.25) is 0 Å². The van der Waals surface area contributed by atoms with Crippen LogP contribution in [0.25, 0.3) is 0 Å². The Morgan fingerprint density at radius 3 is 2.40 bits per heavy atom. The second kappa shape index (κ2) is 4.78. The predicted octanol–water partition coefficient (Wildman–Crippen LogP) is -1.10. The predicted molar refractivity (Wildman–Crippen MR) is 57.4 cm³/mol. The fourth-order valence-electron chi connectivity index (χ4n) is 1.51. The van der Waals surface area contributed by atoms with Crippen LogP contribution in [0.5, 0.6) is 0 Å². The molecule has 0 bridgehead atoms. The van der Waals surface area contributed by atoms with Crippen molar-refractivity contribution in [2.75, 3.05) is 24.7 Å². The van der Waals surface area contributed by atoms with Gasteiger partial charge >= 0.3 is 0 Å². The van der Waals surface area contributed by atoms with Crippen LogP contribution in [0.4, 0.5) is 0 Å². The summed E-state index contributed by atoms with van der Waals surface area (Å²) < 4.78 is 22.3. The number of nitrogens with one attached hydrogen (secondary N) is 1. The zero-order chi connectivity index (χ0) is 11.5. The van der Waals surface area contributed by atoms with Crippen LogP contribution in [0, 0.1) is 0 Å². The maximum atomic E-state index is 11.1. The molecule has 1 heterocycles. The van der Waals surface area contributed by atoms with Crippen molar-refractivity contribution >= 4 is 9.84 Å².